The number of hydrogen-bond acceptors (Lipinski definition) is 3. The summed E-state index contributed by atoms with van der Waals surface area (Å²) in [4.78, 5) is 8.94. The minimum Gasteiger partial charge on any atom is -0.357 e. The number of nitrogens with one attached hydrogen (secondary N) is 2. The first-order chi connectivity index (χ1) is 12.7. The van der Waals surface area contributed by atoms with Crippen molar-refractivity contribution in [3.8, 4) is 0 Å². The molecule has 3 rings (SSSR count). The highest BCUT2D eigenvalue weighted by Crippen LogP contribution is 2.09. The molecule has 0 aliphatic rings. The largest absolute Gasteiger partial charge is 0.357 e. The van der Waals surface area contributed by atoms with E-state index in [0.29, 0.717) is 6.54 Å². The molecule has 2 N–H and O–H groups in total. The fourth-order valence-corrected chi connectivity index (χ4v) is 3.35. The molecule has 2 heterocycles. The molecule has 6 heteroatoms. The Kier molecular flexibility index (Phi) is 6.44. The molecule has 1 aromatic carbocycles. The molecule has 5 nitrogen and oxygen atoms in total. The summed E-state index contributed by atoms with van der Waals surface area (Å²) in [7, 11) is 0. The molecule has 0 aliphatic carbocycles. The summed E-state index contributed by atoms with van der Waals surface area (Å²) < 4.78 is 2.15. The number of thiophene rings is 1. The van der Waals surface area contributed by atoms with Gasteiger partial charge in [-0.1, -0.05) is 24.3 Å². The van der Waals surface area contributed by atoms with Crippen molar-refractivity contribution in [2.75, 3.05) is 6.54 Å². The van der Waals surface area contributed by atoms with Crippen molar-refractivity contribution in [3.63, 3.8) is 0 Å². The van der Waals surface area contributed by atoms with Gasteiger partial charge in [0.1, 0.15) is 5.82 Å². The van der Waals surface area contributed by atoms with E-state index in [4.69, 9.17) is 0 Å². The molecule has 0 radical (unpaired) electrons. The Morgan fingerprint density at radius 3 is 2.81 bits per heavy atom. The van der Waals surface area contributed by atoms with Crippen LogP contribution in [0.5, 0.6) is 0 Å². The van der Waals surface area contributed by atoms with Gasteiger partial charge in [-0.3, -0.25) is 0 Å². The van der Waals surface area contributed by atoms with Crippen molar-refractivity contribution in [2.24, 2.45) is 4.99 Å². The smallest absolute Gasteiger partial charge is 0.191 e. The molecule has 2 aromatic heterocycles. The van der Waals surface area contributed by atoms with Crippen LogP contribution >= 0.6 is 11.3 Å². The first-order valence-electron chi connectivity index (χ1n) is 8.83. The quantitative estimate of drug-likeness (QED) is 0.496. The van der Waals surface area contributed by atoms with Crippen LogP contribution in [-0.2, 0) is 19.6 Å². The monoisotopic (exact) mass is 367 g/mol. The number of aromatic nitrogens is 2. The number of aryl methyl sites for hydroxylation is 1. The number of hydrogen-bond donors (Lipinski definition) is 2. The van der Waals surface area contributed by atoms with Crippen LogP contribution in [0.2, 0.25) is 0 Å². The molecular weight excluding hydrogens is 342 g/mol. The molecule has 0 saturated heterocycles. The normalized spacial score (nSPS) is 11.5. The van der Waals surface area contributed by atoms with Crippen LogP contribution in [0.3, 0.4) is 0 Å². The Morgan fingerprint density at radius 1 is 1.19 bits per heavy atom. The van der Waals surface area contributed by atoms with Crippen LogP contribution in [-0.4, -0.2) is 22.1 Å². The molecule has 0 saturated carbocycles. The predicted octanol–water partition coefficient (Wildman–Crippen LogP) is 3.56. The lowest BCUT2D eigenvalue weighted by molar-refractivity contribution is 0.758. The molecule has 0 unspecified atom stereocenters. The first kappa shape index (κ1) is 18.2. The number of aliphatic imine (C=N–C) groups is 1. The maximum atomic E-state index is 4.65. The summed E-state index contributed by atoms with van der Waals surface area (Å²) in [6.45, 7) is 7.22. The van der Waals surface area contributed by atoms with Gasteiger partial charge in [-0.15, -0.1) is 0 Å². The van der Waals surface area contributed by atoms with Gasteiger partial charge in [-0.2, -0.15) is 11.3 Å². The highest BCUT2D eigenvalue weighted by atomic mass is 32.1. The summed E-state index contributed by atoms with van der Waals surface area (Å²) in [5.41, 5.74) is 3.75. The predicted molar refractivity (Wildman–Crippen MR) is 108 cm³/mol. The first-order valence-corrected chi connectivity index (χ1v) is 9.77. The van der Waals surface area contributed by atoms with E-state index >= 15 is 0 Å². The minimum absolute atomic E-state index is 0.693. The van der Waals surface area contributed by atoms with Gasteiger partial charge in [0.2, 0.25) is 0 Å². The zero-order valence-corrected chi connectivity index (χ0v) is 16.1. The van der Waals surface area contributed by atoms with Crippen LogP contribution in [0.25, 0.3) is 0 Å². The Bertz CT molecular complexity index is 836. The summed E-state index contributed by atoms with van der Waals surface area (Å²) in [5, 5.41) is 10.9. The Balaban J connectivity index is 1.61. The molecule has 0 bridgehead atoms. The maximum Gasteiger partial charge on any atom is 0.191 e. The minimum atomic E-state index is 0.693. The van der Waals surface area contributed by atoms with Crippen LogP contribution in [0, 0.1) is 6.92 Å². The third kappa shape index (κ3) is 5.20. The number of rotatable bonds is 7. The van der Waals surface area contributed by atoms with Gasteiger partial charge < -0.3 is 15.2 Å². The van der Waals surface area contributed by atoms with Gasteiger partial charge in [-0.25, -0.2) is 9.98 Å². The molecule has 26 heavy (non-hydrogen) atoms. The highest BCUT2D eigenvalue weighted by Gasteiger charge is 2.02. The van der Waals surface area contributed by atoms with Crippen LogP contribution in [0.15, 0.2) is 58.5 Å². The lowest BCUT2D eigenvalue weighted by Gasteiger charge is -2.12. The number of benzene rings is 1. The summed E-state index contributed by atoms with van der Waals surface area (Å²) in [6.07, 6.45) is 3.86. The molecular formula is C20H25N5S. The zero-order valence-electron chi connectivity index (χ0n) is 15.3. The Labute approximate surface area is 158 Å². The van der Waals surface area contributed by atoms with Gasteiger partial charge in [0.15, 0.2) is 5.96 Å². The van der Waals surface area contributed by atoms with E-state index in [0.717, 1.165) is 31.4 Å². The number of nitrogens with zero attached hydrogens (tertiary/aromatic N) is 3. The van der Waals surface area contributed by atoms with Crippen LogP contribution in [0.4, 0.5) is 0 Å². The second-order valence-corrected chi connectivity index (χ2v) is 6.88. The molecule has 0 spiro atoms. The zero-order chi connectivity index (χ0) is 18.2. The van der Waals surface area contributed by atoms with Gasteiger partial charge in [-0.05, 0) is 47.4 Å². The average Bonchev–Trinajstić information content (AvgIpc) is 3.30. The van der Waals surface area contributed by atoms with Crippen molar-refractivity contribution in [2.45, 2.75) is 33.5 Å². The maximum absolute atomic E-state index is 4.65. The number of imidazole rings is 1. The summed E-state index contributed by atoms with van der Waals surface area (Å²) >= 11 is 1.70. The fraction of sp³-hybridized carbons (Fsp3) is 0.300. The topological polar surface area (TPSA) is 54.2 Å². The highest BCUT2D eigenvalue weighted by molar-refractivity contribution is 7.07. The second kappa shape index (κ2) is 9.20. The van der Waals surface area contributed by atoms with E-state index in [2.05, 4.69) is 73.2 Å². The average molecular weight is 368 g/mol. The van der Waals surface area contributed by atoms with E-state index in [-0.39, 0.29) is 0 Å². The molecule has 3 aromatic rings. The molecule has 0 amide bonds. The fourth-order valence-electron chi connectivity index (χ4n) is 2.69. The Morgan fingerprint density at radius 2 is 2.08 bits per heavy atom. The van der Waals surface area contributed by atoms with E-state index in [1.807, 2.05) is 19.3 Å². The van der Waals surface area contributed by atoms with E-state index in [1.54, 1.807) is 11.3 Å². The molecule has 136 valence electrons. The third-order valence-corrected chi connectivity index (χ3v) is 4.80. The van der Waals surface area contributed by atoms with Crippen molar-refractivity contribution in [1.82, 2.24) is 20.2 Å². The van der Waals surface area contributed by atoms with Crippen molar-refractivity contribution >= 4 is 17.3 Å². The van der Waals surface area contributed by atoms with Crippen molar-refractivity contribution in [3.05, 3.63) is 76.0 Å². The van der Waals surface area contributed by atoms with Gasteiger partial charge in [0, 0.05) is 32.0 Å². The van der Waals surface area contributed by atoms with Crippen molar-refractivity contribution < 1.29 is 0 Å². The van der Waals surface area contributed by atoms with Gasteiger partial charge in [0.25, 0.3) is 0 Å². The lowest BCUT2D eigenvalue weighted by atomic mass is 10.1. The summed E-state index contributed by atoms with van der Waals surface area (Å²) in [6, 6.07) is 10.7. The van der Waals surface area contributed by atoms with E-state index in [1.165, 1.54) is 16.7 Å². The second-order valence-electron chi connectivity index (χ2n) is 6.10. The van der Waals surface area contributed by atoms with Gasteiger partial charge >= 0.3 is 0 Å². The summed E-state index contributed by atoms with van der Waals surface area (Å²) in [5.74, 6) is 1.87. The standard InChI is InChI=1S/C20H25N5S/c1-3-21-20(24-13-19-7-10-26-15-19)23-12-17-5-4-6-18(11-17)14-25-9-8-22-16(25)2/h4-11,15H,3,12-14H2,1-2H3,(H2,21,23,24). The van der Waals surface area contributed by atoms with Crippen LogP contribution in [0.1, 0.15) is 29.4 Å². The van der Waals surface area contributed by atoms with E-state index in [9.17, 15) is 0 Å². The number of guanidine groups is 1. The molecule has 0 atom stereocenters. The van der Waals surface area contributed by atoms with E-state index < -0.39 is 0 Å². The van der Waals surface area contributed by atoms with Crippen molar-refractivity contribution in [1.29, 1.82) is 0 Å². The van der Waals surface area contributed by atoms with Gasteiger partial charge in [0.05, 0.1) is 6.54 Å². The van der Waals surface area contributed by atoms with Crippen LogP contribution < -0.4 is 10.6 Å². The lowest BCUT2D eigenvalue weighted by Crippen LogP contribution is -2.36. The Hall–Kier alpha value is -2.60. The SMILES string of the molecule is CCNC(=NCc1ccsc1)NCc1cccc(Cn2ccnc2C)c1. The molecule has 0 aliphatic heterocycles. The third-order valence-electron chi connectivity index (χ3n) is 4.07. The molecule has 0 fully saturated rings.